The quantitative estimate of drug-likeness (QED) is 0.722. The number of nitrogens with one attached hydrogen (secondary N) is 1. The minimum Gasteiger partial charge on any atom is -0.378 e. The number of ether oxygens (including phenoxy) is 1. The molecule has 1 fully saturated rings. The van der Waals surface area contributed by atoms with Crippen LogP contribution in [0.15, 0.2) is 11.7 Å². The molecule has 0 atom stereocenters. The summed E-state index contributed by atoms with van der Waals surface area (Å²) in [4.78, 5) is 5.28. The molecule has 0 bridgehead atoms. The van der Waals surface area contributed by atoms with Crippen LogP contribution in [-0.2, 0) is 11.3 Å². The van der Waals surface area contributed by atoms with Crippen molar-refractivity contribution in [3.05, 3.63) is 16.6 Å². The Hall–Kier alpha value is -0.450. The van der Waals surface area contributed by atoms with E-state index in [1.807, 2.05) is 11.7 Å². The fourth-order valence-electron chi connectivity index (χ4n) is 0.928. The highest BCUT2D eigenvalue weighted by atomic mass is 32.1. The van der Waals surface area contributed by atoms with Crippen molar-refractivity contribution >= 4 is 11.3 Å². The van der Waals surface area contributed by atoms with E-state index < -0.39 is 0 Å². The maximum absolute atomic E-state index is 5.03. The van der Waals surface area contributed by atoms with E-state index in [2.05, 4.69) is 10.3 Å². The van der Waals surface area contributed by atoms with Gasteiger partial charge < -0.3 is 10.1 Å². The van der Waals surface area contributed by atoms with Gasteiger partial charge in [-0.2, -0.15) is 0 Å². The Morgan fingerprint density at radius 1 is 1.73 bits per heavy atom. The monoisotopic (exact) mass is 170 g/mol. The summed E-state index contributed by atoms with van der Waals surface area (Å²) in [6.07, 6.45) is 1.90. The first-order chi connectivity index (χ1) is 5.45. The second kappa shape index (κ2) is 3.30. The van der Waals surface area contributed by atoms with Gasteiger partial charge in [-0.05, 0) is 0 Å². The molecule has 1 aromatic rings. The van der Waals surface area contributed by atoms with Gasteiger partial charge in [-0.1, -0.05) is 0 Å². The molecular formula is C7H10N2OS. The van der Waals surface area contributed by atoms with E-state index in [-0.39, 0.29) is 0 Å². The van der Waals surface area contributed by atoms with Gasteiger partial charge >= 0.3 is 0 Å². The Morgan fingerprint density at radius 2 is 2.64 bits per heavy atom. The minimum absolute atomic E-state index is 0.567. The Morgan fingerprint density at radius 3 is 3.18 bits per heavy atom. The molecule has 60 valence electrons. The van der Waals surface area contributed by atoms with E-state index in [0.717, 1.165) is 19.8 Å². The maximum atomic E-state index is 5.03. The van der Waals surface area contributed by atoms with E-state index in [4.69, 9.17) is 4.74 Å². The molecule has 0 aromatic carbocycles. The molecule has 1 aromatic heterocycles. The van der Waals surface area contributed by atoms with Crippen molar-refractivity contribution in [2.75, 3.05) is 13.2 Å². The molecule has 1 aliphatic rings. The molecule has 1 N–H and O–H groups in total. The summed E-state index contributed by atoms with van der Waals surface area (Å²) in [5.41, 5.74) is 1.86. The van der Waals surface area contributed by atoms with Crippen LogP contribution in [0.3, 0.4) is 0 Å². The zero-order valence-corrected chi connectivity index (χ0v) is 6.93. The normalized spacial score (nSPS) is 18.2. The van der Waals surface area contributed by atoms with E-state index >= 15 is 0 Å². The summed E-state index contributed by atoms with van der Waals surface area (Å²) in [5.74, 6) is 0. The summed E-state index contributed by atoms with van der Waals surface area (Å²) in [6, 6.07) is 0.567. The minimum atomic E-state index is 0.567. The SMILES string of the molecule is c1ncc(CNC2COC2)s1. The molecule has 4 heteroatoms. The van der Waals surface area contributed by atoms with Gasteiger partial charge in [0.15, 0.2) is 0 Å². The van der Waals surface area contributed by atoms with Gasteiger partial charge in [0.1, 0.15) is 0 Å². The van der Waals surface area contributed by atoms with Crippen molar-refractivity contribution < 1.29 is 4.74 Å². The predicted octanol–water partition coefficient (Wildman–Crippen LogP) is 0.631. The van der Waals surface area contributed by atoms with Crippen molar-refractivity contribution in [1.29, 1.82) is 0 Å². The second-order valence-corrected chi connectivity index (χ2v) is 3.55. The highest BCUT2D eigenvalue weighted by Crippen LogP contribution is 2.06. The molecule has 0 aliphatic carbocycles. The van der Waals surface area contributed by atoms with Gasteiger partial charge in [-0.15, -0.1) is 11.3 Å². The van der Waals surface area contributed by atoms with Crippen LogP contribution in [0.25, 0.3) is 0 Å². The Balaban J connectivity index is 1.74. The van der Waals surface area contributed by atoms with Crippen molar-refractivity contribution in [1.82, 2.24) is 10.3 Å². The lowest BCUT2D eigenvalue weighted by Gasteiger charge is -2.26. The van der Waals surface area contributed by atoms with Gasteiger partial charge in [-0.25, -0.2) is 0 Å². The van der Waals surface area contributed by atoms with E-state index in [1.54, 1.807) is 11.3 Å². The number of rotatable bonds is 3. The summed E-state index contributed by atoms with van der Waals surface area (Å²) >= 11 is 1.69. The topological polar surface area (TPSA) is 34.2 Å². The molecule has 2 rings (SSSR count). The molecule has 1 saturated heterocycles. The molecule has 3 nitrogen and oxygen atoms in total. The van der Waals surface area contributed by atoms with Crippen LogP contribution in [0, 0.1) is 0 Å². The van der Waals surface area contributed by atoms with Crippen molar-refractivity contribution in [2.24, 2.45) is 0 Å². The fourth-order valence-corrected chi connectivity index (χ4v) is 1.47. The van der Waals surface area contributed by atoms with Crippen molar-refractivity contribution in [3.63, 3.8) is 0 Å². The van der Waals surface area contributed by atoms with Crippen LogP contribution in [-0.4, -0.2) is 24.2 Å². The number of aromatic nitrogens is 1. The van der Waals surface area contributed by atoms with Gasteiger partial charge in [0.05, 0.1) is 24.8 Å². The number of nitrogens with zero attached hydrogens (tertiary/aromatic N) is 1. The molecule has 0 saturated carbocycles. The average Bonchev–Trinajstić information content (AvgIpc) is 2.36. The standard InChI is InChI=1S/C7H10N2OS/c1-7(11-5-8-1)2-9-6-3-10-4-6/h1,5-6,9H,2-4H2. The van der Waals surface area contributed by atoms with Crippen LogP contribution in [0.5, 0.6) is 0 Å². The smallest absolute Gasteiger partial charge is 0.0794 e. The Labute approximate surface area is 69.4 Å². The van der Waals surface area contributed by atoms with Gasteiger partial charge in [0.25, 0.3) is 0 Å². The largest absolute Gasteiger partial charge is 0.378 e. The molecule has 0 spiro atoms. The van der Waals surface area contributed by atoms with Gasteiger partial charge in [0.2, 0.25) is 0 Å². The van der Waals surface area contributed by atoms with Crippen LogP contribution in [0.2, 0.25) is 0 Å². The third-order valence-electron chi connectivity index (χ3n) is 1.69. The Bertz CT molecular complexity index is 208. The van der Waals surface area contributed by atoms with Crippen LogP contribution in [0.1, 0.15) is 4.88 Å². The summed E-state index contributed by atoms with van der Waals surface area (Å²) in [5, 5.41) is 3.37. The Kier molecular flexibility index (Phi) is 2.16. The lowest BCUT2D eigenvalue weighted by molar-refractivity contribution is -0.00568. The predicted molar refractivity (Wildman–Crippen MR) is 43.6 cm³/mol. The van der Waals surface area contributed by atoms with Crippen molar-refractivity contribution in [3.8, 4) is 0 Å². The summed E-state index contributed by atoms with van der Waals surface area (Å²) in [7, 11) is 0. The summed E-state index contributed by atoms with van der Waals surface area (Å²) in [6.45, 7) is 2.65. The lowest BCUT2D eigenvalue weighted by atomic mass is 10.2. The molecule has 0 radical (unpaired) electrons. The third-order valence-corrected chi connectivity index (χ3v) is 2.47. The van der Waals surface area contributed by atoms with Gasteiger partial charge in [0, 0.05) is 17.6 Å². The highest BCUT2D eigenvalue weighted by Gasteiger charge is 2.16. The molecular weight excluding hydrogens is 160 g/mol. The van der Waals surface area contributed by atoms with E-state index in [0.29, 0.717) is 6.04 Å². The lowest BCUT2D eigenvalue weighted by Crippen LogP contribution is -2.45. The number of hydrogen-bond donors (Lipinski definition) is 1. The highest BCUT2D eigenvalue weighted by molar-refractivity contribution is 7.09. The fraction of sp³-hybridized carbons (Fsp3) is 0.571. The zero-order chi connectivity index (χ0) is 7.52. The van der Waals surface area contributed by atoms with Crippen LogP contribution >= 0.6 is 11.3 Å². The first-order valence-electron chi connectivity index (χ1n) is 3.63. The first kappa shape index (κ1) is 7.21. The second-order valence-electron chi connectivity index (χ2n) is 2.58. The maximum Gasteiger partial charge on any atom is 0.0794 e. The molecule has 0 amide bonds. The molecule has 0 unspecified atom stereocenters. The first-order valence-corrected chi connectivity index (χ1v) is 4.51. The molecule has 2 heterocycles. The molecule has 1 aliphatic heterocycles. The zero-order valence-electron chi connectivity index (χ0n) is 6.12. The van der Waals surface area contributed by atoms with Gasteiger partial charge in [-0.3, -0.25) is 4.98 Å². The van der Waals surface area contributed by atoms with Crippen LogP contribution in [0.4, 0.5) is 0 Å². The van der Waals surface area contributed by atoms with E-state index in [1.165, 1.54) is 4.88 Å². The third kappa shape index (κ3) is 1.77. The van der Waals surface area contributed by atoms with Crippen molar-refractivity contribution in [2.45, 2.75) is 12.6 Å². The average molecular weight is 170 g/mol. The van der Waals surface area contributed by atoms with Crippen LogP contribution < -0.4 is 5.32 Å². The summed E-state index contributed by atoms with van der Waals surface area (Å²) < 4.78 is 5.03. The molecule has 11 heavy (non-hydrogen) atoms. The number of hydrogen-bond acceptors (Lipinski definition) is 4. The number of thiazole rings is 1. The van der Waals surface area contributed by atoms with E-state index in [9.17, 15) is 0 Å².